The zero-order valence-electron chi connectivity index (χ0n) is 19.5. The Morgan fingerprint density at radius 2 is 1.67 bits per heavy atom. The SMILES string of the molecule is CCN(C)Cc1ccc(N=C(c2ccccc2)C2C(=O)Nc3cc(OC)c(OC)cc32)cc1. The van der Waals surface area contributed by atoms with E-state index in [2.05, 4.69) is 36.3 Å². The minimum Gasteiger partial charge on any atom is -0.493 e. The number of nitrogens with zero attached hydrogens (tertiary/aromatic N) is 2. The Labute approximate surface area is 194 Å². The molecule has 1 heterocycles. The van der Waals surface area contributed by atoms with Gasteiger partial charge in [-0.15, -0.1) is 0 Å². The molecule has 0 bridgehead atoms. The van der Waals surface area contributed by atoms with Gasteiger partial charge in [0, 0.05) is 18.3 Å². The standard InChI is InChI=1S/C27H29N3O3/c1-5-30(2)17-18-11-13-20(14-12-18)28-26(19-9-7-6-8-10-19)25-21-15-23(32-3)24(33-4)16-22(21)29-27(25)31/h6-16,25H,5,17H2,1-4H3,(H,29,31). The van der Waals surface area contributed by atoms with Gasteiger partial charge in [0.15, 0.2) is 11.5 Å². The van der Waals surface area contributed by atoms with Crippen molar-refractivity contribution in [2.45, 2.75) is 19.4 Å². The molecule has 1 aliphatic heterocycles. The van der Waals surface area contributed by atoms with Crippen LogP contribution in [0.4, 0.5) is 11.4 Å². The normalized spacial score (nSPS) is 15.4. The third-order valence-corrected chi connectivity index (χ3v) is 5.91. The average molecular weight is 444 g/mol. The summed E-state index contributed by atoms with van der Waals surface area (Å²) in [5.41, 5.74) is 5.15. The van der Waals surface area contributed by atoms with Crippen molar-refractivity contribution in [1.82, 2.24) is 4.90 Å². The predicted octanol–water partition coefficient (Wildman–Crippen LogP) is 5.01. The molecule has 1 N–H and O–H groups in total. The van der Waals surface area contributed by atoms with Crippen molar-refractivity contribution in [2.24, 2.45) is 4.99 Å². The number of amides is 1. The molecule has 1 unspecified atom stereocenters. The van der Waals surface area contributed by atoms with Crippen LogP contribution in [0.2, 0.25) is 0 Å². The van der Waals surface area contributed by atoms with Gasteiger partial charge in [-0.25, -0.2) is 0 Å². The van der Waals surface area contributed by atoms with E-state index in [4.69, 9.17) is 14.5 Å². The Bertz CT molecular complexity index is 1160. The van der Waals surface area contributed by atoms with Gasteiger partial charge in [-0.05, 0) is 48.5 Å². The zero-order valence-corrected chi connectivity index (χ0v) is 19.5. The number of benzene rings is 3. The minimum absolute atomic E-state index is 0.121. The Balaban J connectivity index is 1.78. The first-order chi connectivity index (χ1) is 16.0. The molecule has 0 radical (unpaired) electrons. The monoisotopic (exact) mass is 443 g/mol. The fourth-order valence-corrected chi connectivity index (χ4v) is 4.00. The molecule has 0 saturated heterocycles. The van der Waals surface area contributed by atoms with Gasteiger partial charge >= 0.3 is 0 Å². The lowest BCUT2D eigenvalue weighted by Gasteiger charge is -2.16. The molecule has 0 aliphatic carbocycles. The third kappa shape index (κ3) is 4.76. The molecule has 170 valence electrons. The van der Waals surface area contributed by atoms with Crippen molar-refractivity contribution in [2.75, 3.05) is 33.1 Å². The highest BCUT2D eigenvalue weighted by Crippen LogP contribution is 2.42. The van der Waals surface area contributed by atoms with E-state index in [0.29, 0.717) is 22.9 Å². The number of anilines is 1. The maximum Gasteiger partial charge on any atom is 0.238 e. The predicted molar refractivity (Wildman–Crippen MR) is 132 cm³/mol. The van der Waals surface area contributed by atoms with Crippen molar-refractivity contribution >= 4 is 23.0 Å². The number of carbonyl (C=O) groups excluding carboxylic acids is 1. The Morgan fingerprint density at radius 3 is 2.30 bits per heavy atom. The molecule has 6 nitrogen and oxygen atoms in total. The van der Waals surface area contributed by atoms with Crippen LogP contribution >= 0.6 is 0 Å². The molecule has 1 aliphatic rings. The zero-order chi connectivity index (χ0) is 23.4. The number of methoxy groups -OCH3 is 2. The lowest BCUT2D eigenvalue weighted by molar-refractivity contribution is -0.115. The van der Waals surface area contributed by atoms with E-state index >= 15 is 0 Å². The molecule has 0 spiro atoms. The van der Waals surface area contributed by atoms with E-state index in [1.807, 2.05) is 48.5 Å². The van der Waals surface area contributed by atoms with Crippen LogP contribution in [0, 0.1) is 0 Å². The highest BCUT2D eigenvalue weighted by atomic mass is 16.5. The van der Waals surface area contributed by atoms with Crippen molar-refractivity contribution in [3.63, 3.8) is 0 Å². The first-order valence-electron chi connectivity index (χ1n) is 11.0. The molecule has 3 aromatic rings. The van der Waals surface area contributed by atoms with E-state index in [1.165, 1.54) is 5.56 Å². The first kappa shape index (κ1) is 22.6. The second-order valence-electron chi connectivity index (χ2n) is 8.08. The van der Waals surface area contributed by atoms with Crippen LogP contribution in [0.15, 0.2) is 71.7 Å². The second kappa shape index (κ2) is 9.88. The van der Waals surface area contributed by atoms with Crippen molar-refractivity contribution in [3.8, 4) is 11.5 Å². The van der Waals surface area contributed by atoms with Gasteiger partial charge in [0.05, 0.1) is 25.6 Å². The summed E-state index contributed by atoms with van der Waals surface area (Å²) in [5.74, 6) is 0.467. The van der Waals surface area contributed by atoms with E-state index in [0.717, 1.165) is 29.9 Å². The molecule has 1 atom stereocenters. The van der Waals surface area contributed by atoms with Gasteiger partial charge < -0.3 is 19.7 Å². The largest absolute Gasteiger partial charge is 0.493 e. The van der Waals surface area contributed by atoms with E-state index in [9.17, 15) is 4.79 Å². The topological polar surface area (TPSA) is 63.2 Å². The van der Waals surface area contributed by atoms with Gasteiger partial charge in [0.2, 0.25) is 5.91 Å². The van der Waals surface area contributed by atoms with Gasteiger partial charge in [0.1, 0.15) is 5.92 Å². The van der Waals surface area contributed by atoms with Crippen LogP contribution in [0.1, 0.15) is 29.5 Å². The lowest BCUT2D eigenvalue weighted by Crippen LogP contribution is -2.22. The van der Waals surface area contributed by atoms with Crippen LogP contribution in [0.3, 0.4) is 0 Å². The Hall–Kier alpha value is -3.64. The molecular formula is C27H29N3O3. The molecule has 1 amide bonds. The fourth-order valence-electron chi connectivity index (χ4n) is 4.00. The number of ether oxygens (including phenoxy) is 2. The minimum atomic E-state index is -0.562. The summed E-state index contributed by atoms with van der Waals surface area (Å²) >= 11 is 0. The molecule has 0 aromatic heterocycles. The maximum absolute atomic E-state index is 13.2. The molecule has 0 saturated carbocycles. The van der Waals surface area contributed by atoms with Crippen LogP contribution in [0.25, 0.3) is 0 Å². The van der Waals surface area contributed by atoms with Gasteiger partial charge in [-0.3, -0.25) is 9.79 Å². The second-order valence-corrected chi connectivity index (χ2v) is 8.08. The van der Waals surface area contributed by atoms with E-state index in [-0.39, 0.29) is 5.91 Å². The highest BCUT2D eigenvalue weighted by molar-refractivity contribution is 6.24. The Morgan fingerprint density at radius 1 is 1.00 bits per heavy atom. The summed E-state index contributed by atoms with van der Waals surface area (Å²) in [5, 5.41) is 2.99. The summed E-state index contributed by atoms with van der Waals surface area (Å²) in [6.07, 6.45) is 0. The number of fused-ring (bicyclic) bond motifs is 1. The van der Waals surface area contributed by atoms with Gasteiger partial charge in [-0.2, -0.15) is 0 Å². The summed E-state index contributed by atoms with van der Waals surface area (Å²) in [7, 11) is 5.27. The number of carbonyl (C=O) groups is 1. The summed E-state index contributed by atoms with van der Waals surface area (Å²) in [4.78, 5) is 20.4. The summed E-state index contributed by atoms with van der Waals surface area (Å²) in [6, 6.07) is 21.7. The van der Waals surface area contributed by atoms with Crippen molar-refractivity contribution in [1.29, 1.82) is 0 Å². The molecule has 4 rings (SSSR count). The smallest absolute Gasteiger partial charge is 0.238 e. The number of nitrogens with one attached hydrogen (secondary N) is 1. The maximum atomic E-state index is 13.2. The van der Waals surface area contributed by atoms with Crippen LogP contribution in [-0.4, -0.2) is 44.3 Å². The fraction of sp³-hybridized carbons (Fsp3) is 0.259. The lowest BCUT2D eigenvalue weighted by atomic mass is 9.90. The average Bonchev–Trinajstić information content (AvgIpc) is 3.17. The number of hydrogen-bond acceptors (Lipinski definition) is 5. The van der Waals surface area contributed by atoms with Gasteiger partial charge in [0.25, 0.3) is 0 Å². The van der Waals surface area contributed by atoms with E-state index < -0.39 is 5.92 Å². The van der Waals surface area contributed by atoms with Gasteiger partial charge in [-0.1, -0.05) is 49.4 Å². The summed E-state index contributed by atoms with van der Waals surface area (Å²) in [6.45, 7) is 4.01. The molecule has 3 aromatic carbocycles. The molecular weight excluding hydrogens is 414 g/mol. The molecule has 6 heteroatoms. The van der Waals surface area contributed by atoms with Crippen LogP contribution in [-0.2, 0) is 11.3 Å². The summed E-state index contributed by atoms with van der Waals surface area (Å²) < 4.78 is 10.9. The number of aliphatic imine (C=N–C) groups is 1. The molecule has 33 heavy (non-hydrogen) atoms. The quantitative estimate of drug-likeness (QED) is 0.497. The Kier molecular flexibility index (Phi) is 6.75. The first-order valence-corrected chi connectivity index (χ1v) is 11.0. The number of rotatable bonds is 8. The van der Waals surface area contributed by atoms with Crippen LogP contribution < -0.4 is 14.8 Å². The molecule has 0 fully saturated rings. The number of hydrogen-bond donors (Lipinski definition) is 1. The van der Waals surface area contributed by atoms with Crippen molar-refractivity contribution in [3.05, 3.63) is 83.4 Å². The van der Waals surface area contributed by atoms with Crippen LogP contribution in [0.5, 0.6) is 11.5 Å². The highest BCUT2D eigenvalue weighted by Gasteiger charge is 2.36. The van der Waals surface area contributed by atoms with Crippen molar-refractivity contribution < 1.29 is 14.3 Å². The van der Waals surface area contributed by atoms with E-state index in [1.54, 1.807) is 20.3 Å². The third-order valence-electron chi connectivity index (χ3n) is 5.91.